The fraction of sp³-hybridized carbons (Fsp3) is 0.400. The molecule has 0 saturated carbocycles. The van der Waals surface area contributed by atoms with E-state index in [1.165, 1.54) is 0 Å². The van der Waals surface area contributed by atoms with Crippen molar-refractivity contribution in [3.63, 3.8) is 0 Å². The lowest BCUT2D eigenvalue weighted by Gasteiger charge is -2.02. The van der Waals surface area contributed by atoms with Gasteiger partial charge in [-0.1, -0.05) is 31.0 Å². The average molecular weight is 185 g/mol. The van der Waals surface area contributed by atoms with Crippen molar-refractivity contribution in [3.05, 3.63) is 28.8 Å². The van der Waals surface area contributed by atoms with E-state index in [0.29, 0.717) is 5.02 Å². The van der Waals surface area contributed by atoms with Crippen LogP contribution >= 0.6 is 11.6 Å². The van der Waals surface area contributed by atoms with Crippen LogP contribution in [-0.2, 0) is 6.42 Å². The van der Waals surface area contributed by atoms with Crippen LogP contribution in [0, 0.1) is 0 Å². The van der Waals surface area contributed by atoms with Gasteiger partial charge in [0.2, 0.25) is 0 Å². The average Bonchev–Trinajstić information content (AvgIpc) is 2.03. The molecule has 0 amide bonds. The molecule has 2 heteroatoms. The maximum Gasteiger partial charge on any atom is 0.117 e. The molecule has 0 heterocycles. The highest BCUT2D eigenvalue weighted by molar-refractivity contribution is 6.31. The van der Waals surface area contributed by atoms with Gasteiger partial charge in [-0.2, -0.15) is 0 Å². The molecule has 1 nitrogen and oxygen atoms in total. The number of unbranched alkanes of at least 4 members (excludes halogenated alkanes) is 1. The van der Waals surface area contributed by atoms with Crippen LogP contribution in [0.4, 0.5) is 0 Å². The van der Waals surface area contributed by atoms with Crippen molar-refractivity contribution in [2.45, 2.75) is 26.2 Å². The van der Waals surface area contributed by atoms with Crippen LogP contribution in [0.15, 0.2) is 18.2 Å². The summed E-state index contributed by atoms with van der Waals surface area (Å²) < 4.78 is 0. The van der Waals surface area contributed by atoms with E-state index in [4.69, 9.17) is 16.7 Å². The molecule has 1 aromatic carbocycles. The lowest BCUT2D eigenvalue weighted by Crippen LogP contribution is -1.85. The number of phenolic OH excluding ortho intramolecular Hbond substituents is 1. The smallest absolute Gasteiger partial charge is 0.117 e. The summed E-state index contributed by atoms with van der Waals surface area (Å²) in [4.78, 5) is 0. The third-order valence-corrected chi connectivity index (χ3v) is 2.19. The minimum Gasteiger partial charge on any atom is -0.508 e. The largest absolute Gasteiger partial charge is 0.508 e. The molecule has 0 aliphatic rings. The Labute approximate surface area is 78.0 Å². The first-order valence-corrected chi connectivity index (χ1v) is 4.59. The number of rotatable bonds is 3. The van der Waals surface area contributed by atoms with Gasteiger partial charge in [-0.15, -0.1) is 0 Å². The molecule has 0 aliphatic heterocycles. The van der Waals surface area contributed by atoms with Crippen molar-refractivity contribution in [1.29, 1.82) is 0 Å². The summed E-state index contributed by atoms with van der Waals surface area (Å²) in [6, 6.07) is 5.15. The molecule has 0 fully saturated rings. The van der Waals surface area contributed by atoms with Gasteiger partial charge in [0.15, 0.2) is 0 Å². The monoisotopic (exact) mass is 184 g/mol. The number of phenols is 1. The Kier molecular flexibility index (Phi) is 3.42. The number of benzene rings is 1. The molecule has 0 spiro atoms. The third kappa shape index (κ3) is 2.42. The number of halogens is 1. The minimum atomic E-state index is 0.236. The highest BCUT2D eigenvalue weighted by atomic mass is 35.5. The van der Waals surface area contributed by atoms with Gasteiger partial charge < -0.3 is 5.11 Å². The second-order valence-electron chi connectivity index (χ2n) is 2.88. The summed E-state index contributed by atoms with van der Waals surface area (Å²) >= 11 is 5.91. The number of aromatic hydroxyl groups is 1. The summed E-state index contributed by atoms with van der Waals surface area (Å²) in [5.74, 6) is 0.236. The van der Waals surface area contributed by atoms with Gasteiger partial charge >= 0.3 is 0 Å². The highest BCUT2D eigenvalue weighted by Crippen LogP contribution is 2.22. The molecular formula is C10H13ClO. The van der Waals surface area contributed by atoms with Crippen molar-refractivity contribution >= 4 is 11.6 Å². The first kappa shape index (κ1) is 9.40. The van der Waals surface area contributed by atoms with Gasteiger partial charge in [-0.25, -0.2) is 0 Å². The quantitative estimate of drug-likeness (QED) is 0.764. The van der Waals surface area contributed by atoms with Crippen molar-refractivity contribution in [2.75, 3.05) is 0 Å². The van der Waals surface area contributed by atoms with Crippen molar-refractivity contribution in [1.82, 2.24) is 0 Å². The van der Waals surface area contributed by atoms with Gasteiger partial charge in [-0.3, -0.25) is 0 Å². The Hall–Kier alpha value is -0.690. The maximum absolute atomic E-state index is 9.08. The lowest BCUT2D eigenvalue weighted by atomic mass is 10.1. The molecule has 12 heavy (non-hydrogen) atoms. The van der Waals surface area contributed by atoms with E-state index in [-0.39, 0.29) is 5.75 Å². The zero-order chi connectivity index (χ0) is 8.97. The van der Waals surface area contributed by atoms with Crippen LogP contribution in [0.3, 0.4) is 0 Å². The molecule has 0 bridgehead atoms. The normalized spacial score (nSPS) is 10.2. The minimum absolute atomic E-state index is 0.236. The molecule has 0 unspecified atom stereocenters. The van der Waals surface area contributed by atoms with E-state index in [1.807, 2.05) is 6.07 Å². The molecular weight excluding hydrogens is 172 g/mol. The summed E-state index contributed by atoms with van der Waals surface area (Å²) in [7, 11) is 0. The second-order valence-corrected chi connectivity index (χ2v) is 3.29. The number of aryl methyl sites for hydroxylation is 1. The zero-order valence-electron chi connectivity index (χ0n) is 7.18. The molecule has 1 aromatic rings. The van der Waals surface area contributed by atoms with Crippen molar-refractivity contribution in [3.8, 4) is 5.75 Å². The highest BCUT2D eigenvalue weighted by Gasteiger charge is 1.99. The second kappa shape index (κ2) is 4.36. The van der Waals surface area contributed by atoms with Gasteiger partial charge in [0.1, 0.15) is 5.75 Å². The summed E-state index contributed by atoms with van der Waals surface area (Å²) in [6.45, 7) is 2.15. The van der Waals surface area contributed by atoms with Crippen LogP contribution in [0.5, 0.6) is 5.75 Å². The Morgan fingerprint density at radius 2 is 2.17 bits per heavy atom. The summed E-state index contributed by atoms with van der Waals surface area (Å²) in [5.41, 5.74) is 1.12. The van der Waals surface area contributed by atoms with Gasteiger partial charge in [0.25, 0.3) is 0 Å². The molecule has 0 aromatic heterocycles. The molecule has 1 N–H and O–H groups in total. The summed E-state index contributed by atoms with van der Waals surface area (Å²) in [6.07, 6.45) is 3.30. The van der Waals surface area contributed by atoms with E-state index in [9.17, 15) is 0 Å². The standard InChI is InChI=1S/C10H13ClO/c1-2-3-4-8-5-6-9(12)7-10(8)11/h5-7,12H,2-4H2,1H3. The predicted molar refractivity (Wildman–Crippen MR) is 51.7 cm³/mol. The SMILES string of the molecule is CCCCc1ccc(O)cc1Cl. The van der Waals surface area contributed by atoms with Crippen LogP contribution in [-0.4, -0.2) is 5.11 Å². The molecule has 66 valence electrons. The topological polar surface area (TPSA) is 20.2 Å². The molecule has 0 aliphatic carbocycles. The zero-order valence-corrected chi connectivity index (χ0v) is 7.93. The van der Waals surface area contributed by atoms with Crippen molar-refractivity contribution < 1.29 is 5.11 Å². The Morgan fingerprint density at radius 3 is 2.75 bits per heavy atom. The third-order valence-electron chi connectivity index (χ3n) is 1.84. The van der Waals surface area contributed by atoms with Crippen LogP contribution in [0.1, 0.15) is 25.3 Å². The van der Waals surface area contributed by atoms with Crippen molar-refractivity contribution in [2.24, 2.45) is 0 Å². The number of hydrogen-bond donors (Lipinski definition) is 1. The fourth-order valence-electron chi connectivity index (χ4n) is 1.11. The van der Waals surface area contributed by atoms with Gasteiger partial charge in [0.05, 0.1) is 0 Å². The van der Waals surface area contributed by atoms with E-state index < -0.39 is 0 Å². The fourth-order valence-corrected chi connectivity index (χ4v) is 1.38. The lowest BCUT2D eigenvalue weighted by molar-refractivity contribution is 0.475. The van der Waals surface area contributed by atoms with Crippen LogP contribution in [0.25, 0.3) is 0 Å². The first-order valence-electron chi connectivity index (χ1n) is 4.21. The van der Waals surface area contributed by atoms with Gasteiger partial charge in [0, 0.05) is 5.02 Å². The van der Waals surface area contributed by atoms with E-state index in [0.717, 1.165) is 24.8 Å². The molecule has 0 saturated heterocycles. The Balaban J connectivity index is 2.72. The van der Waals surface area contributed by atoms with E-state index in [1.54, 1.807) is 12.1 Å². The predicted octanol–water partition coefficient (Wildman–Crippen LogP) is 3.39. The van der Waals surface area contributed by atoms with E-state index in [2.05, 4.69) is 6.92 Å². The van der Waals surface area contributed by atoms with Crippen LogP contribution in [0.2, 0.25) is 5.02 Å². The summed E-state index contributed by atoms with van der Waals surface area (Å²) in [5, 5.41) is 9.75. The maximum atomic E-state index is 9.08. The first-order chi connectivity index (χ1) is 5.74. The van der Waals surface area contributed by atoms with Crippen LogP contribution < -0.4 is 0 Å². The molecule has 0 radical (unpaired) electrons. The molecule has 0 atom stereocenters. The Morgan fingerprint density at radius 1 is 1.42 bits per heavy atom. The Bertz CT molecular complexity index is 258. The number of hydrogen-bond acceptors (Lipinski definition) is 1. The van der Waals surface area contributed by atoms with Gasteiger partial charge in [-0.05, 0) is 30.5 Å². The molecule has 1 rings (SSSR count). The van der Waals surface area contributed by atoms with E-state index >= 15 is 0 Å².